The molecule has 0 aliphatic rings. The summed E-state index contributed by atoms with van der Waals surface area (Å²) in [5, 5.41) is 3.21. The quantitative estimate of drug-likeness (QED) is 0.637. The predicted octanol–water partition coefficient (Wildman–Crippen LogP) is 0.541. The summed E-state index contributed by atoms with van der Waals surface area (Å²) in [6, 6.07) is 4.86. The largest absolute Gasteiger partial charge is 0.398 e. The van der Waals surface area contributed by atoms with Gasteiger partial charge in [-0.3, -0.25) is 0 Å². The van der Waals surface area contributed by atoms with E-state index in [1.54, 1.807) is 12.1 Å². The predicted molar refractivity (Wildman–Crippen MR) is 78.8 cm³/mol. The van der Waals surface area contributed by atoms with Crippen molar-refractivity contribution in [3.63, 3.8) is 0 Å². The lowest BCUT2D eigenvalue weighted by atomic mass is 10.3. The Morgan fingerprint density at radius 3 is 2.58 bits per heavy atom. The highest BCUT2D eigenvalue weighted by atomic mass is 32.2. The Kier molecular flexibility index (Phi) is 5.59. The van der Waals surface area contributed by atoms with Crippen LogP contribution in [0.5, 0.6) is 0 Å². The number of nitrogens with one attached hydrogen (secondary N) is 2. The van der Waals surface area contributed by atoms with Gasteiger partial charge in [0.2, 0.25) is 10.0 Å². The third-order valence-electron chi connectivity index (χ3n) is 2.93. The van der Waals surface area contributed by atoms with Crippen molar-refractivity contribution in [1.82, 2.24) is 9.62 Å². The molecule has 0 aliphatic heterocycles. The number of rotatable bonds is 7. The molecular formula is C12H22N4O2S. The van der Waals surface area contributed by atoms with E-state index in [2.05, 4.69) is 21.9 Å². The average molecular weight is 286 g/mol. The Morgan fingerprint density at radius 2 is 2.05 bits per heavy atom. The van der Waals surface area contributed by atoms with E-state index in [0.29, 0.717) is 0 Å². The molecule has 0 spiro atoms. The van der Waals surface area contributed by atoms with Gasteiger partial charge in [-0.2, -0.15) is 0 Å². The van der Waals surface area contributed by atoms with E-state index in [1.807, 2.05) is 7.05 Å². The van der Waals surface area contributed by atoms with Gasteiger partial charge in [-0.05, 0) is 38.8 Å². The molecule has 19 heavy (non-hydrogen) atoms. The summed E-state index contributed by atoms with van der Waals surface area (Å²) in [6.07, 6.45) is 0. The van der Waals surface area contributed by atoms with Crippen LogP contribution >= 0.6 is 0 Å². The molecule has 0 bridgehead atoms. The van der Waals surface area contributed by atoms with Crippen LogP contribution in [-0.2, 0) is 10.0 Å². The molecule has 1 aromatic rings. The maximum absolute atomic E-state index is 11.7. The summed E-state index contributed by atoms with van der Waals surface area (Å²) >= 11 is 0. The third kappa shape index (κ3) is 4.38. The molecule has 0 radical (unpaired) electrons. The van der Waals surface area contributed by atoms with E-state index in [-0.39, 0.29) is 10.6 Å². The molecule has 6 nitrogen and oxygen atoms in total. The number of likely N-dealkylation sites (N-methyl/N-ethyl adjacent to an activating group) is 1. The fourth-order valence-corrected chi connectivity index (χ4v) is 2.40. The molecule has 0 fully saturated rings. The SMILES string of the molecule is CCN(C)CCNc1ccc(S(=O)(=O)NC)c(N)c1. The van der Waals surface area contributed by atoms with Crippen molar-refractivity contribution in [3.05, 3.63) is 18.2 Å². The summed E-state index contributed by atoms with van der Waals surface area (Å²) in [4.78, 5) is 2.28. The first-order valence-electron chi connectivity index (χ1n) is 6.16. The molecule has 0 saturated heterocycles. The van der Waals surface area contributed by atoms with Crippen molar-refractivity contribution in [2.75, 3.05) is 44.8 Å². The van der Waals surface area contributed by atoms with Gasteiger partial charge in [0.15, 0.2) is 0 Å². The molecular weight excluding hydrogens is 264 g/mol. The van der Waals surface area contributed by atoms with E-state index >= 15 is 0 Å². The molecule has 0 saturated carbocycles. The molecule has 0 atom stereocenters. The first-order valence-corrected chi connectivity index (χ1v) is 7.64. The van der Waals surface area contributed by atoms with Crippen LogP contribution in [0.25, 0.3) is 0 Å². The van der Waals surface area contributed by atoms with Crippen LogP contribution in [0.1, 0.15) is 6.92 Å². The zero-order chi connectivity index (χ0) is 14.5. The second kappa shape index (κ2) is 6.74. The summed E-state index contributed by atoms with van der Waals surface area (Å²) < 4.78 is 25.6. The van der Waals surface area contributed by atoms with E-state index < -0.39 is 10.0 Å². The number of nitrogens with zero attached hydrogens (tertiary/aromatic N) is 1. The molecule has 1 aromatic carbocycles. The van der Waals surface area contributed by atoms with Gasteiger partial charge in [0, 0.05) is 18.8 Å². The maximum atomic E-state index is 11.7. The highest BCUT2D eigenvalue weighted by Gasteiger charge is 2.15. The summed E-state index contributed by atoms with van der Waals surface area (Å²) in [6.45, 7) is 4.77. The lowest BCUT2D eigenvalue weighted by molar-refractivity contribution is 0.367. The standard InChI is InChI=1S/C12H22N4O2S/c1-4-16(3)8-7-15-10-5-6-12(11(13)9-10)19(17,18)14-2/h5-6,9,14-15H,4,7-8,13H2,1-3H3. The molecule has 108 valence electrons. The van der Waals surface area contributed by atoms with Gasteiger partial charge < -0.3 is 16.0 Å². The molecule has 1 rings (SSSR count). The van der Waals surface area contributed by atoms with Gasteiger partial charge in [0.05, 0.1) is 5.69 Å². The highest BCUT2D eigenvalue weighted by Crippen LogP contribution is 2.21. The van der Waals surface area contributed by atoms with Crippen LogP contribution in [0, 0.1) is 0 Å². The minimum absolute atomic E-state index is 0.103. The first-order chi connectivity index (χ1) is 8.90. The average Bonchev–Trinajstić information content (AvgIpc) is 2.38. The lowest BCUT2D eigenvalue weighted by Crippen LogP contribution is -2.24. The Morgan fingerprint density at radius 1 is 1.37 bits per heavy atom. The van der Waals surface area contributed by atoms with Gasteiger partial charge in [-0.15, -0.1) is 0 Å². The smallest absolute Gasteiger partial charge is 0.242 e. The normalized spacial score (nSPS) is 11.8. The fraction of sp³-hybridized carbons (Fsp3) is 0.500. The zero-order valence-corrected chi connectivity index (χ0v) is 12.4. The number of nitrogen functional groups attached to an aromatic ring is 1. The van der Waals surface area contributed by atoms with Crippen molar-refractivity contribution < 1.29 is 8.42 Å². The van der Waals surface area contributed by atoms with Gasteiger partial charge in [0.1, 0.15) is 4.90 Å². The molecule has 0 aromatic heterocycles. The lowest BCUT2D eigenvalue weighted by Gasteiger charge is -2.15. The van der Waals surface area contributed by atoms with Crippen molar-refractivity contribution in [2.45, 2.75) is 11.8 Å². The minimum Gasteiger partial charge on any atom is -0.398 e. The minimum atomic E-state index is -3.49. The Balaban J connectivity index is 2.73. The summed E-state index contributed by atoms with van der Waals surface area (Å²) in [5.74, 6) is 0. The van der Waals surface area contributed by atoms with E-state index in [4.69, 9.17) is 5.73 Å². The van der Waals surface area contributed by atoms with Crippen LogP contribution in [0.4, 0.5) is 11.4 Å². The van der Waals surface area contributed by atoms with Crippen LogP contribution in [0.2, 0.25) is 0 Å². The number of benzene rings is 1. The second-order valence-electron chi connectivity index (χ2n) is 4.28. The molecule has 0 amide bonds. The second-order valence-corrected chi connectivity index (χ2v) is 6.14. The molecule has 7 heteroatoms. The zero-order valence-electron chi connectivity index (χ0n) is 11.6. The van der Waals surface area contributed by atoms with Crippen LogP contribution in [-0.4, -0.2) is 47.0 Å². The fourth-order valence-electron chi connectivity index (χ4n) is 1.56. The highest BCUT2D eigenvalue weighted by molar-refractivity contribution is 7.89. The third-order valence-corrected chi connectivity index (χ3v) is 4.42. The molecule has 0 heterocycles. The van der Waals surface area contributed by atoms with Crippen LogP contribution in [0.15, 0.2) is 23.1 Å². The Hall–Kier alpha value is -1.31. The van der Waals surface area contributed by atoms with Crippen LogP contribution in [0.3, 0.4) is 0 Å². The molecule has 0 aliphatic carbocycles. The number of sulfonamides is 1. The van der Waals surface area contributed by atoms with Gasteiger partial charge in [-0.25, -0.2) is 13.1 Å². The monoisotopic (exact) mass is 286 g/mol. The van der Waals surface area contributed by atoms with E-state index in [1.165, 1.54) is 13.1 Å². The summed E-state index contributed by atoms with van der Waals surface area (Å²) in [7, 11) is -0.0916. The summed E-state index contributed by atoms with van der Waals surface area (Å²) in [5.41, 5.74) is 6.83. The van der Waals surface area contributed by atoms with Gasteiger partial charge >= 0.3 is 0 Å². The number of hydrogen-bond acceptors (Lipinski definition) is 5. The Bertz CT molecular complexity index is 516. The first kappa shape index (κ1) is 15.7. The number of nitrogens with two attached hydrogens (primary N) is 1. The number of hydrogen-bond donors (Lipinski definition) is 3. The maximum Gasteiger partial charge on any atom is 0.242 e. The van der Waals surface area contributed by atoms with Gasteiger partial charge in [-0.1, -0.05) is 6.92 Å². The van der Waals surface area contributed by atoms with Crippen molar-refractivity contribution in [2.24, 2.45) is 0 Å². The van der Waals surface area contributed by atoms with Gasteiger partial charge in [0.25, 0.3) is 0 Å². The van der Waals surface area contributed by atoms with Crippen molar-refractivity contribution in [1.29, 1.82) is 0 Å². The molecule has 4 N–H and O–H groups in total. The Labute approximate surface area is 115 Å². The van der Waals surface area contributed by atoms with Crippen molar-refractivity contribution >= 4 is 21.4 Å². The topological polar surface area (TPSA) is 87.5 Å². The van der Waals surface area contributed by atoms with Crippen LogP contribution < -0.4 is 15.8 Å². The van der Waals surface area contributed by atoms with E-state index in [9.17, 15) is 8.42 Å². The molecule has 0 unspecified atom stereocenters. The van der Waals surface area contributed by atoms with E-state index in [0.717, 1.165) is 25.3 Å². The van der Waals surface area contributed by atoms with Crippen molar-refractivity contribution in [3.8, 4) is 0 Å². The number of anilines is 2.